The summed E-state index contributed by atoms with van der Waals surface area (Å²) in [6.45, 7) is -0.000980. The van der Waals surface area contributed by atoms with E-state index in [0.717, 1.165) is 28.3 Å². The second kappa shape index (κ2) is 16.9. The van der Waals surface area contributed by atoms with Crippen molar-refractivity contribution in [1.29, 1.82) is 5.26 Å². The summed E-state index contributed by atoms with van der Waals surface area (Å²) in [5.74, 6) is -1.53. The number of sulfonamides is 1. The highest BCUT2D eigenvalue weighted by molar-refractivity contribution is 7.92. The highest BCUT2D eigenvalue weighted by Crippen LogP contribution is 2.47. The lowest BCUT2D eigenvalue weighted by Crippen LogP contribution is -2.49. The van der Waals surface area contributed by atoms with Crippen LogP contribution in [-0.2, 0) is 38.8 Å². The van der Waals surface area contributed by atoms with Crippen LogP contribution in [0.1, 0.15) is 45.5 Å². The van der Waals surface area contributed by atoms with Crippen LogP contribution in [0.25, 0.3) is 0 Å². The number of benzene rings is 4. The number of rotatable bonds is 15. The molecule has 4 aromatic carbocycles. The zero-order valence-electron chi connectivity index (χ0n) is 28.9. The fourth-order valence-electron chi connectivity index (χ4n) is 6.16. The van der Waals surface area contributed by atoms with E-state index in [2.05, 4.69) is 10.6 Å². The summed E-state index contributed by atoms with van der Waals surface area (Å²) < 4.78 is 72.9. The molecule has 54 heavy (non-hydrogen) atoms. The first-order chi connectivity index (χ1) is 25.7. The molecule has 4 aromatic rings. The Balaban J connectivity index is 1.55. The van der Waals surface area contributed by atoms with Crippen molar-refractivity contribution < 1.29 is 45.8 Å². The van der Waals surface area contributed by atoms with Crippen molar-refractivity contribution in [2.45, 2.75) is 44.1 Å². The maximum absolute atomic E-state index is 14.4. The molecule has 0 aromatic heterocycles. The number of hydrogen-bond acceptors (Lipinski definition) is 9. The third kappa shape index (κ3) is 9.42. The number of anilines is 3. The fraction of sp³-hybridized carbons (Fsp3) is 0.263. The number of carbonyl (C=O) groups excluding carboxylic acids is 3. The average Bonchev–Trinajstić information content (AvgIpc) is 3.57. The first-order valence-corrected chi connectivity index (χ1v) is 18.5. The average molecular weight is 764 g/mol. The van der Waals surface area contributed by atoms with E-state index < -0.39 is 45.7 Å². The molecule has 0 radical (unpaired) electrons. The maximum atomic E-state index is 14.4. The van der Waals surface area contributed by atoms with E-state index in [1.807, 2.05) is 6.07 Å². The predicted molar refractivity (Wildman–Crippen MR) is 193 cm³/mol. The number of carbonyl (C=O) groups is 3. The molecule has 3 N–H and O–H groups in total. The van der Waals surface area contributed by atoms with Crippen LogP contribution in [0.5, 0.6) is 5.75 Å². The van der Waals surface area contributed by atoms with Gasteiger partial charge in [0.05, 0.1) is 52.5 Å². The van der Waals surface area contributed by atoms with Gasteiger partial charge in [0.1, 0.15) is 5.69 Å². The number of ether oxygens (including phenoxy) is 1. The number of halogens is 3. The van der Waals surface area contributed by atoms with Crippen LogP contribution in [0.4, 0.5) is 30.2 Å². The van der Waals surface area contributed by atoms with E-state index in [1.165, 1.54) is 53.4 Å². The van der Waals surface area contributed by atoms with Gasteiger partial charge in [0.25, 0.3) is 12.4 Å². The molecular weight excluding hydrogens is 728 g/mol. The maximum Gasteiger partial charge on any atom is 0.416 e. The van der Waals surface area contributed by atoms with Crippen LogP contribution in [0.3, 0.4) is 0 Å². The lowest BCUT2D eigenvalue weighted by molar-refractivity contribution is -0.137. The third-order valence-electron chi connectivity index (χ3n) is 8.66. The lowest BCUT2D eigenvalue weighted by Gasteiger charge is -2.31. The van der Waals surface area contributed by atoms with E-state index in [-0.39, 0.29) is 72.9 Å². The quantitative estimate of drug-likeness (QED) is 0.144. The summed E-state index contributed by atoms with van der Waals surface area (Å²) in [4.78, 5) is 40.6. The minimum atomic E-state index is -4.53. The normalized spacial score (nSPS) is 14.2. The smallest absolute Gasteiger partial charge is 0.416 e. The Bertz CT molecular complexity index is 2140. The molecule has 1 fully saturated rings. The van der Waals surface area contributed by atoms with Crippen molar-refractivity contribution in [3.8, 4) is 11.8 Å². The predicted octanol–water partition coefficient (Wildman–Crippen LogP) is 4.83. The topological polar surface area (TPSA) is 169 Å². The molecule has 1 saturated heterocycles. The molecule has 1 heterocycles. The second-order valence-corrected chi connectivity index (χ2v) is 14.4. The zero-order valence-corrected chi connectivity index (χ0v) is 29.7. The molecule has 1 aliphatic rings. The van der Waals surface area contributed by atoms with Crippen LogP contribution in [0.2, 0.25) is 0 Å². The summed E-state index contributed by atoms with van der Waals surface area (Å²) >= 11 is 0. The van der Waals surface area contributed by atoms with Crippen LogP contribution in [0.15, 0.2) is 91.0 Å². The Morgan fingerprint density at radius 2 is 1.76 bits per heavy atom. The van der Waals surface area contributed by atoms with Gasteiger partial charge in [-0.2, -0.15) is 18.4 Å². The van der Waals surface area contributed by atoms with Gasteiger partial charge in [-0.15, -0.1) is 0 Å². The molecule has 12 nitrogen and oxygen atoms in total. The number of nitriles is 1. The summed E-state index contributed by atoms with van der Waals surface area (Å²) in [5.41, 5.74) is -0.171. The lowest BCUT2D eigenvalue weighted by atomic mass is 9.99. The molecule has 0 spiro atoms. The van der Waals surface area contributed by atoms with Crippen molar-refractivity contribution in [3.63, 3.8) is 0 Å². The molecule has 0 bridgehead atoms. The van der Waals surface area contributed by atoms with Gasteiger partial charge in [0.2, 0.25) is 15.9 Å². The molecule has 0 unspecified atom stereocenters. The molecule has 2 amide bonds. The van der Waals surface area contributed by atoms with Gasteiger partial charge in [0.15, 0.2) is 5.75 Å². The third-order valence-corrected chi connectivity index (χ3v) is 9.72. The second-order valence-electron chi connectivity index (χ2n) is 12.5. The minimum Gasteiger partial charge on any atom is -0.426 e. The van der Waals surface area contributed by atoms with Gasteiger partial charge in [0, 0.05) is 26.1 Å². The van der Waals surface area contributed by atoms with Crippen molar-refractivity contribution in [1.82, 2.24) is 10.6 Å². The standard InChI is InChI=1S/C38H36F3N5O7S/c1-54(51,52)46(29-14-12-26(21-42)13-15-29)36-33(53-24-47)17-16-30(35(36)45-18-6-11-34(45)49)37(50)44-31(20-25-7-3-2-4-8-25)32(48)23-43-22-27-9-5-10-28(19-27)38(39,40)41/h2-5,7-10,12-17,19,24,31-32,43,48H,6,11,18,20,22-23H2,1H3,(H,44,50)/t31-,32+/m0/s1. The van der Waals surface area contributed by atoms with Gasteiger partial charge in [-0.25, -0.2) is 12.7 Å². The van der Waals surface area contributed by atoms with Gasteiger partial charge in [-0.1, -0.05) is 48.5 Å². The van der Waals surface area contributed by atoms with Crippen molar-refractivity contribution in [2.75, 3.05) is 28.6 Å². The number of hydrogen-bond donors (Lipinski definition) is 3. The molecule has 0 saturated carbocycles. The van der Waals surface area contributed by atoms with E-state index >= 15 is 0 Å². The van der Waals surface area contributed by atoms with Crippen LogP contribution >= 0.6 is 0 Å². The number of aliphatic hydroxyl groups is 1. The Labute approximate surface area is 309 Å². The molecule has 16 heteroatoms. The molecule has 0 aliphatic carbocycles. The highest BCUT2D eigenvalue weighted by atomic mass is 32.2. The van der Waals surface area contributed by atoms with Gasteiger partial charge in [-0.05, 0) is 66.4 Å². The fourth-order valence-corrected chi connectivity index (χ4v) is 7.18. The summed E-state index contributed by atoms with van der Waals surface area (Å²) in [6.07, 6.45) is -4.37. The van der Waals surface area contributed by atoms with E-state index in [0.29, 0.717) is 12.0 Å². The SMILES string of the molecule is CS(=O)(=O)N(c1ccc(C#N)cc1)c1c(OC=O)ccc(C(=O)N[C@@H](Cc2ccccc2)[C@H](O)CNCc2cccc(C(F)(F)F)c2)c1N1CCCC1=O. The Hall–Kier alpha value is -5.76. The first-order valence-electron chi connectivity index (χ1n) is 16.7. The molecule has 2 atom stereocenters. The number of alkyl halides is 3. The number of aliphatic hydroxyl groups excluding tert-OH is 1. The van der Waals surface area contributed by atoms with Crippen molar-refractivity contribution >= 4 is 45.4 Å². The molecular formula is C38H36F3N5O7S. The van der Waals surface area contributed by atoms with E-state index in [9.17, 15) is 46.3 Å². The Kier molecular flexibility index (Phi) is 12.4. The summed E-state index contributed by atoms with van der Waals surface area (Å²) in [6, 6.07) is 22.5. The molecule has 1 aliphatic heterocycles. The van der Waals surface area contributed by atoms with Gasteiger partial charge < -0.3 is 25.4 Å². The molecule has 282 valence electrons. The van der Waals surface area contributed by atoms with Gasteiger partial charge in [-0.3, -0.25) is 14.4 Å². The number of amides is 2. The number of nitrogens with one attached hydrogen (secondary N) is 2. The first kappa shape index (κ1) is 39.4. The largest absolute Gasteiger partial charge is 0.426 e. The zero-order chi connectivity index (χ0) is 39.0. The van der Waals surface area contributed by atoms with Crippen molar-refractivity contribution in [3.05, 3.63) is 119 Å². The van der Waals surface area contributed by atoms with Crippen LogP contribution in [0, 0.1) is 11.3 Å². The van der Waals surface area contributed by atoms with E-state index in [4.69, 9.17) is 4.74 Å². The van der Waals surface area contributed by atoms with Crippen LogP contribution in [-0.4, -0.2) is 63.3 Å². The number of nitrogens with zero attached hydrogens (tertiary/aromatic N) is 3. The van der Waals surface area contributed by atoms with Crippen LogP contribution < -0.4 is 24.6 Å². The Morgan fingerprint density at radius 3 is 2.37 bits per heavy atom. The van der Waals surface area contributed by atoms with Gasteiger partial charge >= 0.3 is 6.18 Å². The van der Waals surface area contributed by atoms with E-state index in [1.54, 1.807) is 30.3 Å². The molecule has 5 rings (SSSR count). The highest BCUT2D eigenvalue weighted by Gasteiger charge is 2.37. The minimum absolute atomic E-state index is 0.0157. The summed E-state index contributed by atoms with van der Waals surface area (Å²) in [5, 5.41) is 26.5. The summed E-state index contributed by atoms with van der Waals surface area (Å²) in [7, 11) is -4.29. The van der Waals surface area contributed by atoms with Crippen molar-refractivity contribution in [2.24, 2.45) is 0 Å². The Morgan fingerprint density at radius 1 is 1.06 bits per heavy atom. The monoisotopic (exact) mass is 763 g/mol.